The number of benzene rings is 1. The van der Waals surface area contributed by atoms with Gasteiger partial charge in [0.15, 0.2) is 0 Å². The Morgan fingerprint density at radius 3 is 2.60 bits per heavy atom. The molecule has 1 saturated heterocycles. The molecule has 1 heterocycles. The summed E-state index contributed by atoms with van der Waals surface area (Å²) in [5.41, 5.74) is -1.22. The molecule has 2 N–H and O–H groups in total. The van der Waals surface area contributed by atoms with Gasteiger partial charge in [0.1, 0.15) is 17.2 Å². The second-order valence-electron chi connectivity index (χ2n) is 5.86. The highest BCUT2D eigenvalue weighted by Gasteiger charge is 2.28. The van der Waals surface area contributed by atoms with Gasteiger partial charge in [-0.05, 0) is 46.0 Å². The summed E-state index contributed by atoms with van der Waals surface area (Å²) in [5.74, 6) is -1.34. The van der Waals surface area contributed by atoms with E-state index in [1.807, 2.05) is 0 Å². The van der Waals surface area contributed by atoms with Crippen molar-refractivity contribution in [2.75, 3.05) is 26.7 Å². The summed E-state index contributed by atoms with van der Waals surface area (Å²) in [6, 6.07) is 3.62. The third kappa shape index (κ3) is 3.75. The van der Waals surface area contributed by atoms with Crippen LogP contribution in [0, 0.1) is 11.6 Å². The molecule has 0 aromatic heterocycles. The normalized spacial score (nSPS) is 20.9. The molecular weight excluding hydrogens is 262 g/mol. The second kappa shape index (κ2) is 6.16. The van der Waals surface area contributed by atoms with Gasteiger partial charge in [-0.1, -0.05) is 6.07 Å². The molecule has 0 amide bonds. The van der Waals surface area contributed by atoms with E-state index in [4.69, 9.17) is 0 Å². The van der Waals surface area contributed by atoms with Crippen molar-refractivity contribution in [1.82, 2.24) is 10.2 Å². The predicted molar refractivity (Wildman–Crippen MR) is 74.5 cm³/mol. The van der Waals surface area contributed by atoms with Crippen LogP contribution < -0.4 is 5.32 Å². The molecule has 20 heavy (non-hydrogen) atoms. The number of halogens is 2. The minimum atomic E-state index is -1.35. The Morgan fingerprint density at radius 1 is 1.35 bits per heavy atom. The van der Waals surface area contributed by atoms with Crippen LogP contribution in [-0.2, 0) is 5.60 Å². The molecule has 0 aliphatic carbocycles. The molecule has 2 rings (SSSR count). The summed E-state index contributed by atoms with van der Waals surface area (Å²) in [6.45, 7) is 3.84. The molecule has 1 unspecified atom stereocenters. The first-order valence-electron chi connectivity index (χ1n) is 6.98. The predicted octanol–water partition coefficient (Wildman–Crippen LogP) is 1.86. The smallest absolute Gasteiger partial charge is 0.132 e. The lowest BCUT2D eigenvalue weighted by Crippen LogP contribution is -2.46. The zero-order chi connectivity index (χ0) is 14.8. The van der Waals surface area contributed by atoms with Crippen LogP contribution in [0.15, 0.2) is 18.2 Å². The van der Waals surface area contributed by atoms with E-state index in [2.05, 4.69) is 17.3 Å². The highest BCUT2D eigenvalue weighted by Crippen LogP contribution is 2.24. The van der Waals surface area contributed by atoms with Crippen LogP contribution in [0.2, 0.25) is 0 Å². The summed E-state index contributed by atoms with van der Waals surface area (Å²) in [7, 11) is 2.08. The molecule has 0 saturated carbocycles. The summed E-state index contributed by atoms with van der Waals surface area (Å²) in [4.78, 5) is 2.26. The molecule has 5 heteroatoms. The molecule has 1 aliphatic heterocycles. The maximum atomic E-state index is 13.7. The van der Waals surface area contributed by atoms with Crippen LogP contribution in [-0.4, -0.2) is 42.7 Å². The third-order valence-electron chi connectivity index (χ3n) is 3.96. The van der Waals surface area contributed by atoms with Crippen molar-refractivity contribution in [2.24, 2.45) is 0 Å². The highest BCUT2D eigenvalue weighted by atomic mass is 19.1. The van der Waals surface area contributed by atoms with Crippen molar-refractivity contribution in [2.45, 2.75) is 31.4 Å². The molecule has 1 aromatic rings. The van der Waals surface area contributed by atoms with Gasteiger partial charge in [-0.15, -0.1) is 0 Å². The standard InChI is InChI=1S/C15H22F2N2O/c1-15(20,13-4-3-11(16)9-14(13)17)10-18-12-5-7-19(2)8-6-12/h3-4,9,12,18,20H,5-8,10H2,1-2H3. The first-order chi connectivity index (χ1) is 9.38. The minimum absolute atomic E-state index is 0.124. The number of nitrogens with one attached hydrogen (secondary N) is 1. The highest BCUT2D eigenvalue weighted by molar-refractivity contribution is 5.24. The minimum Gasteiger partial charge on any atom is -0.384 e. The van der Waals surface area contributed by atoms with E-state index in [1.165, 1.54) is 12.1 Å². The van der Waals surface area contributed by atoms with Crippen molar-refractivity contribution < 1.29 is 13.9 Å². The molecule has 0 bridgehead atoms. The van der Waals surface area contributed by atoms with Gasteiger partial charge >= 0.3 is 0 Å². The SMILES string of the molecule is CN1CCC(NCC(C)(O)c2ccc(F)cc2F)CC1. The zero-order valence-corrected chi connectivity index (χ0v) is 12.0. The van der Waals surface area contributed by atoms with Crippen LogP contribution in [0.3, 0.4) is 0 Å². The Hall–Kier alpha value is -1.04. The molecule has 0 spiro atoms. The number of likely N-dealkylation sites (tertiary alicyclic amines) is 1. The molecule has 1 atom stereocenters. The van der Waals surface area contributed by atoms with Crippen LogP contribution >= 0.6 is 0 Å². The van der Waals surface area contributed by atoms with Gasteiger partial charge in [-0.3, -0.25) is 0 Å². The fourth-order valence-electron chi connectivity index (χ4n) is 2.58. The average Bonchev–Trinajstić information content (AvgIpc) is 2.37. The van der Waals surface area contributed by atoms with Crippen molar-refractivity contribution in [3.8, 4) is 0 Å². The van der Waals surface area contributed by atoms with Crippen LogP contribution in [0.5, 0.6) is 0 Å². The second-order valence-corrected chi connectivity index (χ2v) is 5.86. The van der Waals surface area contributed by atoms with Crippen molar-refractivity contribution in [3.05, 3.63) is 35.4 Å². The molecule has 0 radical (unpaired) electrons. The Kier molecular flexibility index (Phi) is 4.73. The largest absolute Gasteiger partial charge is 0.384 e. The summed E-state index contributed by atoms with van der Waals surface area (Å²) in [6.07, 6.45) is 2.02. The summed E-state index contributed by atoms with van der Waals surface area (Å²) in [5, 5.41) is 13.7. The number of rotatable bonds is 4. The first-order valence-corrected chi connectivity index (χ1v) is 6.98. The van der Waals surface area contributed by atoms with E-state index in [-0.39, 0.29) is 12.1 Å². The van der Waals surface area contributed by atoms with Gasteiger partial charge in [-0.2, -0.15) is 0 Å². The quantitative estimate of drug-likeness (QED) is 0.886. The van der Waals surface area contributed by atoms with Crippen LogP contribution in [0.1, 0.15) is 25.3 Å². The molecule has 1 aromatic carbocycles. The molecule has 1 aliphatic rings. The zero-order valence-electron chi connectivity index (χ0n) is 12.0. The first kappa shape index (κ1) is 15.4. The lowest BCUT2D eigenvalue weighted by atomic mass is 9.94. The summed E-state index contributed by atoms with van der Waals surface area (Å²) >= 11 is 0. The van der Waals surface area contributed by atoms with Gasteiger partial charge < -0.3 is 15.3 Å². The molecule has 112 valence electrons. The number of hydrogen-bond donors (Lipinski definition) is 2. The molecule has 1 fully saturated rings. The average molecular weight is 284 g/mol. The Morgan fingerprint density at radius 2 is 2.00 bits per heavy atom. The Bertz CT molecular complexity index is 457. The van der Waals surface area contributed by atoms with Crippen LogP contribution in [0.4, 0.5) is 8.78 Å². The van der Waals surface area contributed by atoms with Crippen molar-refractivity contribution in [1.29, 1.82) is 0 Å². The fourth-order valence-corrected chi connectivity index (χ4v) is 2.58. The van der Waals surface area contributed by atoms with E-state index < -0.39 is 17.2 Å². The van der Waals surface area contributed by atoms with Gasteiger partial charge in [0.25, 0.3) is 0 Å². The van der Waals surface area contributed by atoms with Gasteiger partial charge in [0.05, 0.1) is 0 Å². The van der Waals surface area contributed by atoms with E-state index in [9.17, 15) is 13.9 Å². The van der Waals surface area contributed by atoms with E-state index in [0.29, 0.717) is 6.04 Å². The van der Waals surface area contributed by atoms with E-state index in [1.54, 1.807) is 6.92 Å². The lowest BCUT2D eigenvalue weighted by Gasteiger charge is -2.32. The summed E-state index contributed by atoms with van der Waals surface area (Å²) < 4.78 is 26.6. The monoisotopic (exact) mass is 284 g/mol. The third-order valence-corrected chi connectivity index (χ3v) is 3.96. The molecule has 3 nitrogen and oxygen atoms in total. The Labute approximate surface area is 118 Å². The maximum Gasteiger partial charge on any atom is 0.132 e. The topological polar surface area (TPSA) is 35.5 Å². The number of hydrogen-bond acceptors (Lipinski definition) is 3. The van der Waals surface area contributed by atoms with Crippen molar-refractivity contribution >= 4 is 0 Å². The van der Waals surface area contributed by atoms with Gasteiger partial charge in [-0.25, -0.2) is 8.78 Å². The molecular formula is C15H22F2N2O. The maximum absolute atomic E-state index is 13.7. The van der Waals surface area contributed by atoms with E-state index >= 15 is 0 Å². The fraction of sp³-hybridized carbons (Fsp3) is 0.600. The van der Waals surface area contributed by atoms with E-state index in [0.717, 1.165) is 32.0 Å². The number of piperidine rings is 1. The van der Waals surface area contributed by atoms with Crippen molar-refractivity contribution in [3.63, 3.8) is 0 Å². The van der Waals surface area contributed by atoms with Gasteiger partial charge in [0.2, 0.25) is 0 Å². The number of nitrogens with zero attached hydrogens (tertiary/aromatic N) is 1. The van der Waals surface area contributed by atoms with Gasteiger partial charge in [0, 0.05) is 24.2 Å². The Balaban J connectivity index is 1.96. The van der Waals surface area contributed by atoms with Crippen LogP contribution in [0.25, 0.3) is 0 Å². The lowest BCUT2D eigenvalue weighted by molar-refractivity contribution is 0.0471. The number of aliphatic hydroxyl groups is 1.